The Morgan fingerprint density at radius 3 is 2.64 bits per heavy atom. The molecule has 1 amide bonds. The number of hydrogen-bond donors (Lipinski definition) is 1. The molecule has 1 aromatic carbocycles. The van der Waals surface area contributed by atoms with Crippen molar-refractivity contribution in [1.82, 2.24) is 4.98 Å². The van der Waals surface area contributed by atoms with Gasteiger partial charge in [-0.3, -0.25) is 4.79 Å². The summed E-state index contributed by atoms with van der Waals surface area (Å²) in [5, 5.41) is 0.227. The van der Waals surface area contributed by atoms with Crippen molar-refractivity contribution < 1.29 is 18.0 Å². The van der Waals surface area contributed by atoms with Crippen LogP contribution >= 0.6 is 23.4 Å². The van der Waals surface area contributed by atoms with Crippen molar-refractivity contribution in [2.45, 2.75) is 17.0 Å². The fraction of sp³-hybridized carbons (Fsp3) is 0.143. The SMILES string of the molecule is NC(=O)c1cccc(CSc2ncc(C(F)(F)F)cc2Cl)c1. The Balaban J connectivity index is 2.12. The van der Waals surface area contributed by atoms with E-state index in [1.807, 2.05) is 0 Å². The Bertz CT molecular complexity index is 707. The van der Waals surface area contributed by atoms with Gasteiger partial charge in [-0.1, -0.05) is 23.7 Å². The largest absolute Gasteiger partial charge is 0.417 e. The quantitative estimate of drug-likeness (QED) is 0.846. The van der Waals surface area contributed by atoms with Crippen molar-refractivity contribution in [3.05, 3.63) is 58.2 Å². The molecule has 0 aliphatic rings. The average Bonchev–Trinajstić information content (AvgIpc) is 2.45. The van der Waals surface area contributed by atoms with Gasteiger partial charge in [0.15, 0.2) is 0 Å². The van der Waals surface area contributed by atoms with Gasteiger partial charge in [-0.25, -0.2) is 4.98 Å². The van der Waals surface area contributed by atoms with Crippen LogP contribution in [0.1, 0.15) is 21.5 Å². The van der Waals surface area contributed by atoms with Crippen molar-refractivity contribution >= 4 is 29.3 Å². The number of primary amides is 1. The lowest BCUT2D eigenvalue weighted by atomic mass is 10.1. The van der Waals surface area contributed by atoms with Gasteiger partial charge in [-0.15, -0.1) is 11.8 Å². The number of carbonyl (C=O) groups is 1. The van der Waals surface area contributed by atoms with Crippen LogP contribution in [0.15, 0.2) is 41.6 Å². The van der Waals surface area contributed by atoms with Crippen molar-refractivity contribution in [3.63, 3.8) is 0 Å². The summed E-state index contributed by atoms with van der Waals surface area (Å²) in [5.74, 6) is -0.142. The molecule has 0 bridgehead atoms. The molecule has 0 spiro atoms. The topological polar surface area (TPSA) is 56.0 Å². The van der Waals surface area contributed by atoms with Crippen LogP contribution in [0, 0.1) is 0 Å². The first-order valence-corrected chi connectivity index (χ1v) is 7.38. The molecule has 0 atom stereocenters. The third-order valence-electron chi connectivity index (χ3n) is 2.72. The maximum absolute atomic E-state index is 12.5. The van der Waals surface area contributed by atoms with E-state index in [4.69, 9.17) is 17.3 Å². The zero-order chi connectivity index (χ0) is 16.3. The van der Waals surface area contributed by atoms with Crippen LogP contribution in [0.4, 0.5) is 13.2 Å². The summed E-state index contributed by atoms with van der Waals surface area (Å²) in [4.78, 5) is 14.8. The molecule has 116 valence electrons. The van der Waals surface area contributed by atoms with Gasteiger partial charge >= 0.3 is 6.18 Å². The smallest absolute Gasteiger partial charge is 0.366 e. The van der Waals surface area contributed by atoms with E-state index in [1.54, 1.807) is 24.3 Å². The second kappa shape index (κ2) is 6.58. The Morgan fingerprint density at radius 2 is 2.05 bits per heavy atom. The summed E-state index contributed by atoms with van der Waals surface area (Å²) in [7, 11) is 0. The fourth-order valence-corrected chi connectivity index (χ4v) is 2.79. The van der Waals surface area contributed by atoms with E-state index in [0.29, 0.717) is 16.3 Å². The minimum Gasteiger partial charge on any atom is -0.366 e. The summed E-state index contributed by atoms with van der Waals surface area (Å²) in [6.45, 7) is 0. The van der Waals surface area contributed by atoms with Gasteiger partial charge in [0, 0.05) is 17.5 Å². The Labute approximate surface area is 133 Å². The molecular formula is C14H10ClF3N2OS. The third kappa shape index (κ3) is 4.14. The molecule has 0 fully saturated rings. The van der Waals surface area contributed by atoms with Gasteiger partial charge in [-0.2, -0.15) is 13.2 Å². The molecule has 0 aliphatic carbocycles. The molecule has 1 aromatic heterocycles. The molecular weight excluding hydrogens is 337 g/mol. The molecule has 0 saturated heterocycles. The first kappa shape index (κ1) is 16.6. The lowest BCUT2D eigenvalue weighted by Crippen LogP contribution is -2.10. The molecule has 2 aromatic rings. The second-order valence-corrected chi connectivity index (χ2v) is 5.73. The molecule has 2 rings (SSSR count). The fourth-order valence-electron chi connectivity index (χ4n) is 1.65. The van der Waals surface area contributed by atoms with Gasteiger partial charge in [0.25, 0.3) is 0 Å². The van der Waals surface area contributed by atoms with Crippen molar-refractivity contribution in [3.8, 4) is 0 Å². The molecule has 22 heavy (non-hydrogen) atoms. The van der Waals surface area contributed by atoms with Crippen LogP contribution in [0.2, 0.25) is 5.02 Å². The van der Waals surface area contributed by atoms with Crippen molar-refractivity contribution in [2.24, 2.45) is 5.73 Å². The number of thioether (sulfide) groups is 1. The predicted octanol–water partition coefficient (Wildman–Crippen LogP) is 4.15. The van der Waals surface area contributed by atoms with E-state index in [2.05, 4.69) is 4.98 Å². The highest BCUT2D eigenvalue weighted by Crippen LogP contribution is 2.34. The maximum atomic E-state index is 12.5. The number of amides is 1. The predicted molar refractivity (Wildman–Crippen MR) is 78.8 cm³/mol. The van der Waals surface area contributed by atoms with E-state index in [1.165, 1.54) is 11.8 Å². The number of nitrogens with two attached hydrogens (primary N) is 1. The zero-order valence-corrected chi connectivity index (χ0v) is 12.6. The van der Waals surface area contributed by atoms with Crippen molar-refractivity contribution in [2.75, 3.05) is 0 Å². The third-order valence-corrected chi connectivity index (χ3v) is 4.20. The minimum absolute atomic E-state index is 0.0640. The van der Waals surface area contributed by atoms with Crippen LogP contribution in [0.3, 0.4) is 0 Å². The van der Waals surface area contributed by atoms with Gasteiger partial charge in [0.05, 0.1) is 10.6 Å². The number of halogens is 4. The summed E-state index contributed by atoms with van der Waals surface area (Å²) in [6, 6.07) is 7.50. The van der Waals surface area contributed by atoms with Gasteiger partial charge < -0.3 is 5.73 Å². The number of pyridine rings is 1. The van der Waals surface area contributed by atoms with Crippen LogP contribution < -0.4 is 5.73 Å². The van der Waals surface area contributed by atoms with E-state index in [-0.39, 0.29) is 5.02 Å². The van der Waals surface area contributed by atoms with Crippen LogP contribution in [0.25, 0.3) is 0 Å². The van der Waals surface area contributed by atoms with Gasteiger partial charge in [-0.05, 0) is 23.8 Å². The maximum Gasteiger partial charge on any atom is 0.417 e. The standard InChI is InChI=1S/C14H10ClF3N2OS/c15-11-5-10(14(16,17)18)6-20-13(11)22-7-8-2-1-3-9(4-8)12(19)21/h1-6H,7H2,(H2,19,21). The number of nitrogens with zero attached hydrogens (tertiary/aromatic N) is 1. The number of alkyl halides is 3. The highest BCUT2D eigenvalue weighted by molar-refractivity contribution is 7.98. The summed E-state index contributed by atoms with van der Waals surface area (Å²) < 4.78 is 37.6. The van der Waals surface area contributed by atoms with Crippen LogP contribution in [-0.2, 0) is 11.9 Å². The number of benzene rings is 1. The van der Waals surface area contributed by atoms with Crippen LogP contribution in [0.5, 0.6) is 0 Å². The van der Waals surface area contributed by atoms with E-state index >= 15 is 0 Å². The highest BCUT2D eigenvalue weighted by Gasteiger charge is 2.31. The molecule has 1 heterocycles. The lowest BCUT2D eigenvalue weighted by molar-refractivity contribution is -0.137. The Morgan fingerprint density at radius 1 is 1.32 bits per heavy atom. The summed E-state index contributed by atoms with van der Waals surface area (Å²) in [5.41, 5.74) is 5.45. The number of carbonyl (C=O) groups excluding carboxylic acids is 1. The Kier molecular flexibility index (Phi) is 4.97. The summed E-state index contributed by atoms with van der Waals surface area (Å²) >= 11 is 7.00. The minimum atomic E-state index is -4.48. The van der Waals surface area contributed by atoms with Gasteiger partial charge in [0.2, 0.25) is 5.91 Å². The zero-order valence-electron chi connectivity index (χ0n) is 11.0. The molecule has 2 N–H and O–H groups in total. The number of hydrogen-bond acceptors (Lipinski definition) is 3. The van der Waals surface area contributed by atoms with E-state index in [9.17, 15) is 18.0 Å². The van der Waals surface area contributed by atoms with E-state index in [0.717, 1.165) is 17.8 Å². The van der Waals surface area contributed by atoms with Gasteiger partial charge in [0.1, 0.15) is 5.03 Å². The first-order chi connectivity index (χ1) is 10.3. The normalized spacial score (nSPS) is 11.5. The monoisotopic (exact) mass is 346 g/mol. The molecule has 0 saturated carbocycles. The number of aromatic nitrogens is 1. The lowest BCUT2D eigenvalue weighted by Gasteiger charge is -2.09. The van der Waals surface area contributed by atoms with Crippen molar-refractivity contribution in [1.29, 1.82) is 0 Å². The summed E-state index contributed by atoms with van der Waals surface area (Å²) in [6.07, 6.45) is -3.73. The van der Waals surface area contributed by atoms with E-state index < -0.39 is 17.6 Å². The molecule has 8 heteroatoms. The Hall–Kier alpha value is -1.73. The molecule has 0 unspecified atom stereocenters. The first-order valence-electron chi connectivity index (χ1n) is 6.01. The van der Waals surface area contributed by atoms with Crippen LogP contribution in [-0.4, -0.2) is 10.9 Å². The second-order valence-electron chi connectivity index (χ2n) is 4.36. The molecule has 0 radical (unpaired) electrons. The average molecular weight is 347 g/mol. The highest BCUT2D eigenvalue weighted by atomic mass is 35.5. The molecule has 0 aliphatic heterocycles. The number of rotatable bonds is 4. The molecule has 3 nitrogen and oxygen atoms in total.